The molecule has 1 N–H and O–H groups in total. The predicted molar refractivity (Wildman–Crippen MR) is 83.1 cm³/mol. The van der Waals surface area contributed by atoms with E-state index in [0.29, 0.717) is 0 Å². The van der Waals surface area contributed by atoms with Crippen LogP contribution in [0.3, 0.4) is 0 Å². The van der Waals surface area contributed by atoms with Crippen molar-refractivity contribution in [1.29, 1.82) is 0 Å². The van der Waals surface area contributed by atoms with Crippen molar-refractivity contribution in [2.45, 2.75) is 45.1 Å². The number of hydrogen-bond donors (Lipinski definition) is 1. The van der Waals surface area contributed by atoms with Crippen molar-refractivity contribution in [3.63, 3.8) is 0 Å². The molecule has 0 bridgehead atoms. The molecule has 1 aromatic rings. The summed E-state index contributed by atoms with van der Waals surface area (Å²) in [6.45, 7) is 5.83. The van der Waals surface area contributed by atoms with Crippen molar-refractivity contribution in [2.24, 2.45) is 0 Å². The number of urea groups is 1. The van der Waals surface area contributed by atoms with Gasteiger partial charge in [-0.1, -0.05) is 37.6 Å². The highest BCUT2D eigenvalue weighted by Crippen LogP contribution is 2.45. The zero-order valence-electron chi connectivity index (χ0n) is 12.3. The zero-order valence-corrected chi connectivity index (χ0v) is 13.0. The first-order valence-electron chi connectivity index (χ1n) is 7.44. The van der Waals surface area contributed by atoms with Gasteiger partial charge in [0.25, 0.3) is 0 Å². The molecule has 4 heteroatoms. The van der Waals surface area contributed by atoms with E-state index in [0.717, 1.165) is 49.4 Å². The molecule has 20 heavy (non-hydrogen) atoms. The lowest BCUT2D eigenvalue weighted by Gasteiger charge is -2.26. The number of benzene rings is 1. The Morgan fingerprint density at radius 2 is 1.75 bits per heavy atom. The van der Waals surface area contributed by atoms with Gasteiger partial charge in [-0.05, 0) is 43.4 Å². The third kappa shape index (κ3) is 3.45. The third-order valence-corrected chi connectivity index (χ3v) is 4.02. The van der Waals surface area contributed by atoms with Crippen molar-refractivity contribution in [3.8, 4) is 0 Å². The number of carbonyl (C=O) groups is 1. The molecule has 0 saturated heterocycles. The van der Waals surface area contributed by atoms with Crippen molar-refractivity contribution in [3.05, 3.63) is 34.9 Å². The Labute approximate surface area is 126 Å². The van der Waals surface area contributed by atoms with E-state index in [1.807, 2.05) is 29.2 Å². The molecule has 110 valence electrons. The van der Waals surface area contributed by atoms with E-state index in [1.165, 1.54) is 0 Å². The zero-order chi connectivity index (χ0) is 14.6. The summed E-state index contributed by atoms with van der Waals surface area (Å²) in [4.78, 5) is 14.3. The fraction of sp³-hybridized carbons (Fsp3) is 0.562. The molecule has 0 unspecified atom stereocenters. The number of carbonyl (C=O) groups excluding carboxylic acids is 1. The third-order valence-electron chi connectivity index (χ3n) is 3.77. The molecular formula is C16H23ClN2O. The van der Waals surface area contributed by atoms with E-state index in [2.05, 4.69) is 19.2 Å². The van der Waals surface area contributed by atoms with Gasteiger partial charge < -0.3 is 10.2 Å². The fourth-order valence-electron chi connectivity index (χ4n) is 2.52. The average Bonchev–Trinajstić information content (AvgIpc) is 3.20. The van der Waals surface area contributed by atoms with Gasteiger partial charge in [-0.15, -0.1) is 0 Å². The van der Waals surface area contributed by atoms with Gasteiger partial charge in [0.2, 0.25) is 0 Å². The largest absolute Gasteiger partial charge is 0.328 e. The molecule has 0 atom stereocenters. The van der Waals surface area contributed by atoms with E-state index < -0.39 is 0 Å². The number of rotatable bonds is 6. The smallest absolute Gasteiger partial charge is 0.318 e. The first kappa shape index (κ1) is 15.2. The van der Waals surface area contributed by atoms with Crippen LogP contribution in [0, 0.1) is 0 Å². The summed E-state index contributed by atoms with van der Waals surface area (Å²) in [5.74, 6) is 0. The number of halogens is 1. The molecule has 1 saturated carbocycles. The number of nitrogens with zero attached hydrogens (tertiary/aromatic N) is 1. The van der Waals surface area contributed by atoms with E-state index >= 15 is 0 Å². The maximum absolute atomic E-state index is 12.4. The van der Waals surface area contributed by atoms with Gasteiger partial charge >= 0.3 is 6.03 Å². The van der Waals surface area contributed by atoms with Crippen molar-refractivity contribution >= 4 is 17.6 Å². The van der Waals surface area contributed by atoms with Crippen LogP contribution in [0.4, 0.5) is 4.79 Å². The number of nitrogens with one attached hydrogen (secondary N) is 1. The quantitative estimate of drug-likeness (QED) is 0.839. The molecule has 1 aromatic carbocycles. The standard InChI is InChI=1S/C16H23ClN2O/c1-3-11-19(12-4-2)15(20)18-16(9-10-16)13-5-7-14(17)8-6-13/h5-8H,3-4,9-12H2,1-2H3,(H,18,20). The molecule has 1 fully saturated rings. The Morgan fingerprint density at radius 1 is 1.20 bits per heavy atom. The van der Waals surface area contributed by atoms with Crippen LogP contribution in [-0.4, -0.2) is 24.0 Å². The first-order chi connectivity index (χ1) is 9.61. The van der Waals surface area contributed by atoms with Crippen LogP contribution in [0.15, 0.2) is 24.3 Å². The van der Waals surface area contributed by atoms with Crippen LogP contribution >= 0.6 is 11.6 Å². The molecule has 2 rings (SSSR count). The summed E-state index contributed by atoms with van der Waals surface area (Å²) in [5.41, 5.74) is 0.990. The van der Waals surface area contributed by atoms with E-state index in [-0.39, 0.29) is 11.6 Å². The second-order valence-electron chi connectivity index (χ2n) is 5.51. The first-order valence-corrected chi connectivity index (χ1v) is 7.82. The molecule has 1 aliphatic carbocycles. The molecule has 1 aliphatic rings. The van der Waals surface area contributed by atoms with Gasteiger partial charge in [-0.25, -0.2) is 4.79 Å². The fourth-order valence-corrected chi connectivity index (χ4v) is 2.64. The van der Waals surface area contributed by atoms with E-state index in [1.54, 1.807) is 0 Å². The Balaban J connectivity index is 2.04. The van der Waals surface area contributed by atoms with Crippen LogP contribution in [0.2, 0.25) is 5.02 Å². The molecule has 2 amide bonds. The van der Waals surface area contributed by atoms with Crippen LogP contribution in [0.5, 0.6) is 0 Å². The highest BCUT2D eigenvalue weighted by molar-refractivity contribution is 6.30. The average molecular weight is 295 g/mol. The number of hydrogen-bond acceptors (Lipinski definition) is 1. The normalized spacial score (nSPS) is 15.8. The lowest BCUT2D eigenvalue weighted by atomic mass is 10.1. The van der Waals surface area contributed by atoms with E-state index in [9.17, 15) is 4.79 Å². The summed E-state index contributed by atoms with van der Waals surface area (Å²) >= 11 is 5.93. The van der Waals surface area contributed by atoms with Gasteiger partial charge in [0.1, 0.15) is 0 Å². The summed E-state index contributed by atoms with van der Waals surface area (Å²) < 4.78 is 0. The highest BCUT2D eigenvalue weighted by atomic mass is 35.5. The molecule has 0 aliphatic heterocycles. The Bertz CT molecular complexity index is 448. The summed E-state index contributed by atoms with van der Waals surface area (Å²) in [7, 11) is 0. The topological polar surface area (TPSA) is 32.3 Å². The molecule has 3 nitrogen and oxygen atoms in total. The second-order valence-corrected chi connectivity index (χ2v) is 5.94. The maximum atomic E-state index is 12.4. The van der Waals surface area contributed by atoms with Crippen LogP contribution in [0.1, 0.15) is 45.1 Å². The Kier molecular flexibility index (Phi) is 4.92. The Hall–Kier alpha value is -1.22. The summed E-state index contributed by atoms with van der Waals surface area (Å²) in [5, 5.41) is 3.95. The lowest BCUT2D eigenvalue weighted by Crippen LogP contribution is -2.45. The van der Waals surface area contributed by atoms with Crippen molar-refractivity contribution < 1.29 is 4.79 Å². The lowest BCUT2D eigenvalue weighted by molar-refractivity contribution is 0.192. The Morgan fingerprint density at radius 3 is 2.20 bits per heavy atom. The van der Waals surface area contributed by atoms with Gasteiger partial charge in [0.05, 0.1) is 5.54 Å². The summed E-state index contributed by atoms with van der Waals surface area (Å²) in [6.07, 6.45) is 3.99. The van der Waals surface area contributed by atoms with Crippen molar-refractivity contribution in [1.82, 2.24) is 10.2 Å². The monoisotopic (exact) mass is 294 g/mol. The minimum atomic E-state index is -0.165. The maximum Gasteiger partial charge on any atom is 0.318 e. The second kappa shape index (κ2) is 6.49. The van der Waals surface area contributed by atoms with Crippen LogP contribution in [-0.2, 0) is 5.54 Å². The van der Waals surface area contributed by atoms with Gasteiger partial charge in [-0.2, -0.15) is 0 Å². The van der Waals surface area contributed by atoms with Gasteiger partial charge in [0, 0.05) is 18.1 Å². The van der Waals surface area contributed by atoms with Gasteiger partial charge in [-0.3, -0.25) is 0 Å². The minimum Gasteiger partial charge on any atom is -0.328 e. The van der Waals surface area contributed by atoms with Crippen molar-refractivity contribution in [2.75, 3.05) is 13.1 Å². The molecule has 0 radical (unpaired) electrons. The van der Waals surface area contributed by atoms with Crippen LogP contribution in [0.25, 0.3) is 0 Å². The summed E-state index contributed by atoms with van der Waals surface area (Å²) in [6, 6.07) is 7.86. The van der Waals surface area contributed by atoms with Gasteiger partial charge in [0.15, 0.2) is 0 Å². The highest BCUT2D eigenvalue weighted by Gasteiger charge is 2.46. The molecule has 0 spiro atoms. The van der Waals surface area contributed by atoms with Crippen LogP contribution < -0.4 is 5.32 Å². The molecule has 0 aromatic heterocycles. The number of amides is 2. The molecular weight excluding hydrogens is 272 g/mol. The SMILES string of the molecule is CCCN(CCC)C(=O)NC1(c2ccc(Cl)cc2)CC1. The van der Waals surface area contributed by atoms with E-state index in [4.69, 9.17) is 11.6 Å². The predicted octanol–water partition coefficient (Wildman–Crippen LogP) is 4.16. The molecule has 0 heterocycles. The minimum absolute atomic E-state index is 0.0566.